The molecule has 2 aromatic carbocycles. The van der Waals surface area contributed by atoms with Gasteiger partial charge in [-0.2, -0.15) is 0 Å². The Balaban J connectivity index is 1.76. The van der Waals surface area contributed by atoms with Gasteiger partial charge in [-0.25, -0.2) is 4.79 Å². The molecule has 0 fully saturated rings. The minimum atomic E-state index is -0.420. The number of nitrogens with one attached hydrogen (secondary N) is 2. The maximum absolute atomic E-state index is 11.9. The lowest BCUT2D eigenvalue weighted by atomic mass is 10.1. The average molecular weight is 295 g/mol. The number of fused-ring (bicyclic) bond motifs is 1. The van der Waals surface area contributed by atoms with Gasteiger partial charge in [0.05, 0.1) is 11.1 Å². The van der Waals surface area contributed by atoms with Gasteiger partial charge in [-0.1, -0.05) is 18.2 Å². The third-order valence-electron chi connectivity index (χ3n) is 3.38. The van der Waals surface area contributed by atoms with E-state index in [0.29, 0.717) is 22.5 Å². The van der Waals surface area contributed by atoms with Gasteiger partial charge < -0.3 is 10.6 Å². The smallest absolute Gasteiger partial charge is 0.308 e. The zero-order chi connectivity index (χ0) is 15.7. The van der Waals surface area contributed by atoms with Crippen LogP contribution in [0.25, 0.3) is 0 Å². The first-order valence-electron chi connectivity index (χ1n) is 6.66. The molecular weight excluding hydrogens is 282 g/mol. The quantitative estimate of drug-likeness (QED) is 0.836. The Kier molecular flexibility index (Phi) is 3.34. The standard InChI is InChI=1S/C16H13N3O3/c1-19-14(20)12-8-7-11(9-13(12)15(19)21)18-16(22)17-10-5-3-2-4-6-10/h2-9H,1H3,(H2,17,18,22). The monoisotopic (exact) mass is 295 g/mol. The van der Waals surface area contributed by atoms with Crippen LogP contribution >= 0.6 is 0 Å². The second-order valence-electron chi connectivity index (χ2n) is 4.87. The molecule has 0 spiro atoms. The van der Waals surface area contributed by atoms with Gasteiger partial charge in [0.2, 0.25) is 0 Å². The molecule has 1 aliphatic rings. The lowest BCUT2D eigenvalue weighted by Gasteiger charge is -2.08. The summed E-state index contributed by atoms with van der Waals surface area (Å²) in [5.74, 6) is -0.701. The Labute approximate surface area is 126 Å². The largest absolute Gasteiger partial charge is 0.323 e. The van der Waals surface area contributed by atoms with E-state index in [2.05, 4.69) is 10.6 Å². The lowest BCUT2D eigenvalue weighted by Crippen LogP contribution is -2.24. The van der Waals surface area contributed by atoms with Crippen molar-refractivity contribution in [2.45, 2.75) is 0 Å². The number of benzene rings is 2. The summed E-state index contributed by atoms with van der Waals surface area (Å²) >= 11 is 0. The first-order valence-corrected chi connectivity index (χ1v) is 6.66. The molecular formula is C16H13N3O3. The van der Waals surface area contributed by atoms with E-state index in [-0.39, 0.29) is 11.8 Å². The van der Waals surface area contributed by atoms with Gasteiger partial charge in [-0.05, 0) is 30.3 Å². The third kappa shape index (κ3) is 2.42. The molecule has 0 unspecified atom stereocenters. The summed E-state index contributed by atoms with van der Waals surface area (Å²) in [6.07, 6.45) is 0. The van der Waals surface area contributed by atoms with E-state index < -0.39 is 6.03 Å². The Hall–Kier alpha value is -3.15. The van der Waals surface area contributed by atoms with Gasteiger partial charge in [-0.15, -0.1) is 0 Å². The summed E-state index contributed by atoms with van der Waals surface area (Å²) in [6, 6.07) is 13.2. The fourth-order valence-corrected chi connectivity index (χ4v) is 2.25. The van der Waals surface area contributed by atoms with Gasteiger partial charge in [0.25, 0.3) is 11.8 Å². The van der Waals surface area contributed by atoms with Gasteiger partial charge in [-0.3, -0.25) is 14.5 Å². The van der Waals surface area contributed by atoms with E-state index in [1.165, 1.54) is 19.2 Å². The van der Waals surface area contributed by atoms with Crippen molar-refractivity contribution in [1.29, 1.82) is 0 Å². The van der Waals surface area contributed by atoms with E-state index in [4.69, 9.17) is 0 Å². The number of carbonyl (C=O) groups excluding carboxylic acids is 3. The summed E-state index contributed by atoms with van der Waals surface area (Å²) in [5.41, 5.74) is 1.75. The third-order valence-corrected chi connectivity index (χ3v) is 3.38. The van der Waals surface area contributed by atoms with Crippen molar-refractivity contribution in [3.63, 3.8) is 0 Å². The summed E-state index contributed by atoms with van der Waals surface area (Å²) in [5, 5.41) is 5.31. The minimum absolute atomic E-state index is 0.296. The molecule has 1 aliphatic heterocycles. The highest BCUT2D eigenvalue weighted by atomic mass is 16.2. The first kappa shape index (κ1) is 13.8. The second kappa shape index (κ2) is 5.33. The summed E-state index contributed by atoms with van der Waals surface area (Å²) in [4.78, 5) is 36.7. The number of rotatable bonds is 2. The molecule has 0 aromatic heterocycles. The molecule has 0 aliphatic carbocycles. The van der Waals surface area contributed by atoms with Crippen molar-refractivity contribution >= 4 is 29.2 Å². The topological polar surface area (TPSA) is 78.5 Å². The van der Waals surface area contributed by atoms with E-state index in [1.807, 2.05) is 18.2 Å². The van der Waals surface area contributed by atoms with Crippen molar-refractivity contribution in [2.75, 3.05) is 17.7 Å². The Bertz CT molecular complexity index is 771. The molecule has 6 nitrogen and oxygen atoms in total. The zero-order valence-corrected chi connectivity index (χ0v) is 11.8. The van der Waals surface area contributed by atoms with Crippen LogP contribution in [0.5, 0.6) is 0 Å². The maximum Gasteiger partial charge on any atom is 0.323 e. The molecule has 0 bridgehead atoms. The fourth-order valence-electron chi connectivity index (χ4n) is 2.25. The highest BCUT2D eigenvalue weighted by Gasteiger charge is 2.32. The Morgan fingerprint density at radius 1 is 0.864 bits per heavy atom. The normalized spacial score (nSPS) is 13.0. The molecule has 4 amide bonds. The van der Waals surface area contributed by atoms with Crippen molar-refractivity contribution in [3.8, 4) is 0 Å². The molecule has 0 radical (unpaired) electrons. The van der Waals surface area contributed by atoms with Crippen LogP contribution in [0.4, 0.5) is 16.2 Å². The van der Waals surface area contributed by atoms with E-state index in [1.54, 1.807) is 18.2 Å². The number of imide groups is 1. The van der Waals surface area contributed by atoms with E-state index in [9.17, 15) is 14.4 Å². The SMILES string of the molecule is CN1C(=O)c2ccc(NC(=O)Nc3ccccc3)cc2C1=O. The summed E-state index contributed by atoms with van der Waals surface area (Å²) in [6.45, 7) is 0. The predicted octanol–water partition coefficient (Wildman–Crippen LogP) is 2.56. The van der Waals surface area contributed by atoms with Crippen LogP contribution in [-0.4, -0.2) is 29.8 Å². The molecule has 0 saturated heterocycles. The van der Waals surface area contributed by atoms with E-state index in [0.717, 1.165) is 4.90 Å². The molecule has 22 heavy (non-hydrogen) atoms. The van der Waals surface area contributed by atoms with Crippen LogP contribution in [-0.2, 0) is 0 Å². The second-order valence-corrected chi connectivity index (χ2v) is 4.87. The van der Waals surface area contributed by atoms with Crippen molar-refractivity contribution in [3.05, 3.63) is 59.7 Å². The molecule has 110 valence electrons. The van der Waals surface area contributed by atoms with Crippen LogP contribution in [0, 0.1) is 0 Å². The highest BCUT2D eigenvalue weighted by Crippen LogP contribution is 2.24. The van der Waals surface area contributed by atoms with Crippen molar-refractivity contribution in [2.24, 2.45) is 0 Å². The van der Waals surface area contributed by atoms with Gasteiger partial charge >= 0.3 is 6.03 Å². The number of hydrogen-bond donors (Lipinski definition) is 2. The average Bonchev–Trinajstić information content (AvgIpc) is 2.73. The van der Waals surface area contributed by atoms with Crippen molar-refractivity contribution < 1.29 is 14.4 Å². The van der Waals surface area contributed by atoms with Gasteiger partial charge in [0.1, 0.15) is 0 Å². The highest BCUT2D eigenvalue weighted by molar-refractivity contribution is 6.21. The van der Waals surface area contributed by atoms with E-state index >= 15 is 0 Å². The van der Waals surface area contributed by atoms with Crippen LogP contribution < -0.4 is 10.6 Å². The summed E-state index contributed by atoms with van der Waals surface area (Å²) < 4.78 is 0. The molecule has 2 aromatic rings. The number of urea groups is 1. The number of amides is 4. The lowest BCUT2D eigenvalue weighted by molar-refractivity contribution is 0.0693. The number of para-hydroxylation sites is 1. The minimum Gasteiger partial charge on any atom is -0.308 e. The zero-order valence-electron chi connectivity index (χ0n) is 11.8. The number of carbonyl (C=O) groups is 3. The number of hydrogen-bond acceptors (Lipinski definition) is 3. The number of nitrogens with zero attached hydrogens (tertiary/aromatic N) is 1. The molecule has 6 heteroatoms. The van der Waals surface area contributed by atoms with Crippen LogP contribution in [0.15, 0.2) is 48.5 Å². The molecule has 3 rings (SSSR count). The first-order chi connectivity index (χ1) is 10.6. The Morgan fingerprint density at radius 2 is 1.50 bits per heavy atom. The van der Waals surface area contributed by atoms with Gasteiger partial charge in [0.15, 0.2) is 0 Å². The van der Waals surface area contributed by atoms with Crippen LogP contribution in [0.1, 0.15) is 20.7 Å². The van der Waals surface area contributed by atoms with Crippen LogP contribution in [0.2, 0.25) is 0 Å². The molecule has 0 atom stereocenters. The summed E-state index contributed by atoms with van der Waals surface area (Å²) in [7, 11) is 1.43. The molecule has 2 N–H and O–H groups in total. The number of anilines is 2. The fraction of sp³-hybridized carbons (Fsp3) is 0.0625. The predicted molar refractivity (Wildman–Crippen MR) is 81.9 cm³/mol. The van der Waals surface area contributed by atoms with Crippen molar-refractivity contribution in [1.82, 2.24) is 4.90 Å². The van der Waals surface area contributed by atoms with Gasteiger partial charge in [0, 0.05) is 18.4 Å². The Morgan fingerprint density at radius 3 is 2.23 bits per heavy atom. The maximum atomic E-state index is 11.9. The molecule has 1 heterocycles. The molecule has 0 saturated carbocycles. The van der Waals surface area contributed by atoms with Crippen LogP contribution in [0.3, 0.4) is 0 Å².